The first-order chi connectivity index (χ1) is 14.0. The van der Waals surface area contributed by atoms with Gasteiger partial charge in [0, 0.05) is 30.3 Å². The van der Waals surface area contributed by atoms with Crippen molar-refractivity contribution in [3.63, 3.8) is 0 Å². The summed E-state index contributed by atoms with van der Waals surface area (Å²) in [5.41, 5.74) is 1.73. The molecule has 4 nitrogen and oxygen atoms in total. The Kier molecular flexibility index (Phi) is 5.81. The molecule has 2 aliphatic rings. The standard InChI is InChI=1S/C22H25F3N2O2/c23-22(24,25)16-6-7-19-17(11-16)21-18(10-14(13-29-21)12-26-8-9-28)20(27-19)15-4-2-1-3-5-15/h1-7,11,14,18,20-21,26-28H,8-10,12-13H2. The number of rotatable bonds is 5. The minimum absolute atomic E-state index is 0.0167. The molecule has 0 aliphatic carbocycles. The molecule has 0 amide bonds. The summed E-state index contributed by atoms with van der Waals surface area (Å²) in [7, 11) is 0. The predicted octanol–water partition coefficient (Wildman–Crippen LogP) is 4.15. The van der Waals surface area contributed by atoms with E-state index >= 15 is 0 Å². The van der Waals surface area contributed by atoms with Crippen molar-refractivity contribution in [2.75, 3.05) is 31.6 Å². The topological polar surface area (TPSA) is 53.5 Å². The lowest BCUT2D eigenvalue weighted by Gasteiger charge is -2.46. The summed E-state index contributed by atoms with van der Waals surface area (Å²) in [6.07, 6.45) is -3.94. The van der Waals surface area contributed by atoms with Gasteiger partial charge in [0.05, 0.1) is 30.9 Å². The van der Waals surface area contributed by atoms with Gasteiger partial charge in [0.25, 0.3) is 0 Å². The molecule has 0 radical (unpaired) electrons. The van der Waals surface area contributed by atoms with Crippen LogP contribution in [0.3, 0.4) is 0 Å². The first-order valence-electron chi connectivity index (χ1n) is 9.93. The molecule has 3 N–H and O–H groups in total. The van der Waals surface area contributed by atoms with Crippen molar-refractivity contribution in [1.29, 1.82) is 0 Å². The maximum atomic E-state index is 13.3. The first kappa shape index (κ1) is 20.2. The maximum Gasteiger partial charge on any atom is 0.416 e. The van der Waals surface area contributed by atoms with Gasteiger partial charge in [0.15, 0.2) is 0 Å². The van der Waals surface area contributed by atoms with E-state index in [1.165, 1.54) is 12.1 Å². The maximum absolute atomic E-state index is 13.3. The number of anilines is 1. The van der Waals surface area contributed by atoms with E-state index in [0.29, 0.717) is 30.9 Å². The van der Waals surface area contributed by atoms with E-state index in [9.17, 15) is 13.2 Å². The molecule has 29 heavy (non-hydrogen) atoms. The van der Waals surface area contributed by atoms with Crippen molar-refractivity contribution >= 4 is 5.69 Å². The zero-order valence-corrected chi connectivity index (χ0v) is 16.0. The Balaban J connectivity index is 1.66. The summed E-state index contributed by atoms with van der Waals surface area (Å²) in [5, 5.41) is 15.7. The van der Waals surface area contributed by atoms with Gasteiger partial charge in [-0.15, -0.1) is 0 Å². The summed E-state index contributed by atoms with van der Waals surface area (Å²) in [6, 6.07) is 13.8. The molecule has 1 fully saturated rings. The SMILES string of the molecule is OCCNCC1COC2c3cc(C(F)(F)F)ccc3NC(c3ccccc3)C2C1. The molecular weight excluding hydrogens is 381 g/mol. The molecule has 4 unspecified atom stereocenters. The third kappa shape index (κ3) is 4.27. The number of hydrogen-bond donors (Lipinski definition) is 3. The number of hydrogen-bond acceptors (Lipinski definition) is 4. The monoisotopic (exact) mass is 406 g/mol. The van der Waals surface area contributed by atoms with E-state index in [1.807, 2.05) is 30.3 Å². The molecule has 7 heteroatoms. The fourth-order valence-electron chi connectivity index (χ4n) is 4.47. The highest BCUT2D eigenvalue weighted by atomic mass is 19.4. The quantitative estimate of drug-likeness (QED) is 0.653. The van der Waals surface area contributed by atoms with Crippen molar-refractivity contribution in [2.45, 2.75) is 24.7 Å². The first-order valence-corrected chi connectivity index (χ1v) is 9.93. The van der Waals surface area contributed by atoms with Gasteiger partial charge in [-0.05, 0) is 36.1 Å². The van der Waals surface area contributed by atoms with Crippen LogP contribution in [0, 0.1) is 11.8 Å². The Hall–Kier alpha value is -2.09. The smallest absolute Gasteiger partial charge is 0.395 e. The van der Waals surface area contributed by atoms with E-state index in [1.54, 1.807) is 0 Å². The number of aliphatic hydroxyl groups excluding tert-OH is 1. The van der Waals surface area contributed by atoms with Crippen LogP contribution < -0.4 is 10.6 Å². The van der Waals surface area contributed by atoms with Crippen LogP contribution in [0.5, 0.6) is 0 Å². The van der Waals surface area contributed by atoms with E-state index in [2.05, 4.69) is 10.6 Å². The normalized spacial score (nSPS) is 26.3. The van der Waals surface area contributed by atoms with Gasteiger partial charge in [-0.1, -0.05) is 30.3 Å². The summed E-state index contributed by atoms with van der Waals surface area (Å²) in [6.45, 7) is 1.78. The third-order valence-corrected chi connectivity index (χ3v) is 5.81. The molecule has 4 rings (SSSR count). The molecule has 156 valence electrons. The number of aliphatic hydroxyl groups is 1. The number of fused-ring (bicyclic) bond motifs is 3. The van der Waals surface area contributed by atoms with Gasteiger partial charge in [0.1, 0.15) is 0 Å². The molecule has 2 aliphatic heterocycles. The number of benzene rings is 2. The molecule has 2 aromatic carbocycles. The van der Waals surface area contributed by atoms with Crippen LogP contribution >= 0.6 is 0 Å². The fourth-order valence-corrected chi connectivity index (χ4v) is 4.47. The largest absolute Gasteiger partial charge is 0.416 e. The van der Waals surface area contributed by atoms with Gasteiger partial charge in [0.2, 0.25) is 0 Å². The summed E-state index contributed by atoms with van der Waals surface area (Å²) >= 11 is 0. The zero-order chi connectivity index (χ0) is 20.4. The molecule has 2 aromatic rings. The van der Waals surface area contributed by atoms with E-state index < -0.39 is 11.7 Å². The van der Waals surface area contributed by atoms with Crippen molar-refractivity contribution in [1.82, 2.24) is 5.32 Å². The van der Waals surface area contributed by atoms with Gasteiger partial charge in [-0.25, -0.2) is 0 Å². The highest BCUT2D eigenvalue weighted by Gasteiger charge is 2.43. The summed E-state index contributed by atoms with van der Waals surface area (Å²) in [5.74, 6) is 0.256. The molecule has 2 heterocycles. The number of alkyl halides is 3. The van der Waals surface area contributed by atoms with Gasteiger partial charge in [-0.2, -0.15) is 13.2 Å². The minimum atomic E-state index is -4.38. The highest BCUT2D eigenvalue weighted by Crippen LogP contribution is 2.51. The summed E-state index contributed by atoms with van der Waals surface area (Å²) < 4.78 is 46.0. The van der Waals surface area contributed by atoms with E-state index in [-0.39, 0.29) is 30.6 Å². The number of halogens is 3. The highest BCUT2D eigenvalue weighted by molar-refractivity contribution is 5.58. The van der Waals surface area contributed by atoms with Crippen molar-refractivity contribution in [2.24, 2.45) is 11.8 Å². The Labute approximate surface area is 168 Å². The van der Waals surface area contributed by atoms with Gasteiger partial charge < -0.3 is 20.5 Å². The minimum Gasteiger partial charge on any atom is -0.395 e. The van der Waals surface area contributed by atoms with Crippen LogP contribution in [0.4, 0.5) is 18.9 Å². The van der Waals surface area contributed by atoms with Gasteiger partial charge >= 0.3 is 6.18 Å². The number of ether oxygens (including phenoxy) is 1. The van der Waals surface area contributed by atoms with Crippen molar-refractivity contribution < 1.29 is 23.0 Å². The molecule has 4 atom stereocenters. The second kappa shape index (κ2) is 8.34. The second-order valence-electron chi connectivity index (χ2n) is 7.78. The molecule has 0 aromatic heterocycles. The van der Waals surface area contributed by atoms with Crippen LogP contribution in [0.25, 0.3) is 0 Å². The fraction of sp³-hybridized carbons (Fsp3) is 0.455. The van der Waals surface area contributed by atoms with Crippen LogP contribution in [-0.2, 0) is 10.9 Å². The zero-order valence-electron chi connectivity index (χ0n) is 16.0. The third-order valence-electron chi connectivity index (χ3n) is 5.81. The van der Waals surface area contributed by atoms with Crippen LogP contribution in [0.15, 0.2) is 48.5 Å². The predicted molar refractivity (Wildman–Crippen MR) is 104 cm³/mol. The Morgan fingerprint density at radius 1 is 1.14 bits per heavy atom. The average molecular weight is 406 g/mol. The lowest BCUT2D eigenvalue weighted by Crippen LogP contribution is -2.42. The van der Waals surface area contributed by atoms with E-state index in [0.717, 1.165) is 18.1 Å². The molecule has 1 saturated heterocycles. The van der Waals surface area contributed by atoms with Gasteiger partial charge in [-0.3, -0.25) is 0 Å². The van der Waals surface area contributed by atoms with E-state index in [4.69, 9.17) is 9.84 Å². The summed E-state index contributed by atoms with van der Waals surface area (Å²) in [4.78, 5) is 0. The van der Waals surface area contributed by atoms with Crippen molar-refractivity contribution in [3.8, 4) is 0 Å². The Bertz CT molecular complexity index is 829. The Morgan fingerprint density at radius 3 is 2.66 bits per heavy atom. The molecule has 0 bridgehead atoms. The molecule has 0 saturated carbocycles. The lowest BCUT2D eigenvalue weighted by atomic mass is 9.74. The van der Waals surface area contributed by atoms with Crippen molar-refractivity contribution in [3.05, 3.63) is 65.2 Å². The Morgan fingerprint density at radius 2 is 1.93 bits per heavy atom. The molecular formula is C22H25F3N2O2. The average Bonchev–Trinajstić information content (AvgIpc) is 2.73. The molecule has 0 spiro atoms. The lowest BCUT2D eigenvalue weighted by molar-refractivity contribution is -0.137. The second-order valence-corrected chi connectivity index (χ2v) is 7.78. The van der Waals surface area contributed by atoms with Crippen LogP contribution in [0.1, 0.15) is 35.3 Å². The van der Waals surface area contributed by atoms with Crippen LogP contribution in [0.2, 0.25) is 0 Å². The number of nitrogens with one attached hydrogen (secondary N) is 2. The van der Waals surface area contributed by atoms with Crippen LogP contribution in [-0.4, -0.2) is 31.4 Å².